The highest BCUT2D eigenvalue weighted by Crippen LogP contribution is 2.41. The highest BCUT2D eigenvalue weighted by Gasteiger charge is 2.63. The molecular formula is C19H17F3N2O3. The number of nitrogens with zero attached hydrogens (tertiary/aromatic N) is 2. The minimum absolute atomic E-state index is 0.0251. The van der Waals surface area contributed by atoms with Crippen molar-refractivity contribution in [1.29, 1.82) is 0 Å². The molecule has 1 amide bonds. The van der Waals surface area contributed by atoms with Gasteiger partial charge in [-0.05, 0) is 24.6 Å². The van der Waals surface area contributed by atoms with Gasteiger partial charge in [0.15, 0.2) is 6.61 Å². The SMILES string of the molecule is Cc1ccc(C2=NN(C(=O)COc3ccccc3)[C@@](O)(C(F)(F)F)C2)cc1. The zero-order chi connectivity index (χ0) is 19.7. The molecule has 1 aliphatic heterocycles. The first kappa shape index (κ1) is 18.9. The number of hydrazone groups is 1. The van der Waals surface area contributed by atoms with Gasteiger partial charge in [-0.3, -0.25) is 4.79 Å². The summed E-state index contributed by atoms with van der Waals surface area (Å²) in [4.78, 5) is 12.3. The minimum Gasteiger partial charge on any atom is -0.484 e. The summed E-state index contributed by atoms with van der Waals surface area (Å²) in [6.07, 6.45) is -5.93. The number of ether oxygens (including phenoxy) is 1. The molecule has 1 N–H and O–H groups in total. The second-order valence-corrected chi connectivity index (χ2v) is 6.21. The van der Waals surface area contributed by atoms with Gasteiger partial charge in [0.1, 0.15) is 5.75 Å². The Morgan fingerprint density at radius 1 is 1.19 bits per heavy atom. The van der Waals surface area contributed by atoms with Gasteiger partial charge in [0.25, 0.3) is 11.6 Å². The maximum absolute atomic E-state index is 13.5. The lowest BCUT2D eigenvalue weighted by Gasteiger charge is -2.32. The van der Waals surface area contributed by atoms with E-state index in [1.165, 1.54) is 0 Å². The number of alkyl halides is 3. The summed E-state index contributed by atoms with van der Waals surface area (Å²) in [6, 6.07) is 14.8. The van der Waals surface area contributed by atoms with E-state index in [1.807, 2.05) is 6.92 Å². The molecule has 0 saturated carbocycles. The van der Waals surface area contributed by atoms with Crippen molar-refractivity contribution in [2.24, 2.45) is 5.10 Å². The van der Waals surface area contributed by atoms with Crippen LogP contribution in [0.25, 0.3) is 0 Å². The summed E-state index contributed by atoms with van der Waals surface area (Å²) >= 11 is 0. The number of benzene rings is 2. The number of halogens is 3. The molecule has 0 spiro atoms. The Bertz CT molecular complexity index is 851. The van der Waals surface area contributed by atoms with Gasteiger partial charge in [-0.2, -0.15) is 23.3 Å². The number of hydrogen-bond acceptors (Lipinski definition) is 4. The summed E-state index contributed by atoms with van der Waals surface area (Å²) in [6.45, 7) is 1.15. The first-order valence-corrected chi connectivity index (χ1v) is 8.15. The number of aryl methyl sites for hydroxylation is 1. The summed E-state index contributed by atoms with van der Waals surface area (Å²) < 4.78 is 45.7. The topological polar surface area (TPSA) is 62.1 Å². The van der Waals surface area contributed by atoms with E-state index in [2.05, 4.69) is 5.10 Å². The maximum atomic E-state index is 13.5. The van der Waals surface area contributed by atoms with Crippen molar-refractivity contribution >= 4 is 11.6 Å². The number of aliphatic hydroxyl groups is 1. The molecule has 0 bridgehead atoms. The van der Waals surface area contributed by atoms with Gasteiger partial charge in [0, 0.05) is 0 Å². The number of carbonyl (C=O) groups is 1. The van der Waals surface area contributed by atoms with Crippen LogP contribution >= 0.6 is 0 Å². The molecule has 1 atom stereocenters. The van der Waals surface area contributed by atoms with Crippen molar-refractivity contribution < 1.29 is 27.8 Å². The standard InChI is InChI=1S/C19H17F3N2O3/c1-13-7-9-14(10-8-13)16-11-18(26,19(20,21)22)24(23-16)17(25)12-27-15-5-3-2-4-6-15/h2-10,26H,11-12H2,1H3/t18-/m0/s1. The van der Waals surface area contributed by atoms with Crippen LogP contribution in [0, 0.1) is 6.92 Å². The maximum Gasteiger partial charge on any atom is 0.438 e. The van der Waals surface area contributed by atoms with Crippen LogP contribution in [0.4, 0.5) is 13.2 Å². The van der Waals surface area contributed by atoms with Crippen molar-refractivity contribution in [3.63, 3.8) is 0 Å². The van der Waals surface area contributed by atoms with Crippen molar-refractivity contribution in [2.75, 3.05) is 6.61 Å². The van der Waals surface area contributed by atoms with Crippen LogP contribution < -0.4 is 4.74 Å². The molecular weight excluding hydrogens is 361 g/mol. The molecule has 0 aromatic heterocycles. The zero-order valence-electron chi connectivity index (χ0n) is 14.4. The van der Waals surface area contributed by atoms with Gasteiger partial charge in [-0.15, -0.1) is 0 Å². The van der Waals surface area contributed by atoms with Crippen LogP contribution in [0.1, 0.15) is 17.5 Å². The van der Waals surface area contributed by atoms with E-state index in [1.54, 1.807) is 54.6 Å². The Labute approximate surface area is 153 Å². The predicted molar refractivity (Wildman–Crippen MR) is 92.1 cm³/mol. The number of amides is 1. The minimum atomic E-state index is -5.08. The molecule has 2 aromatic rings. The van der Waals surface area contributed by atoms with Crippen molar-refractivity contribution in [2.45, 2.75) is 25.2 Å². The fourth-order valence-electron chi connectivity index (χ4n) is 2.66. The van der Waals surface area contributed by atoms with Gasteiger partial charge in [-0.1, -0.05) is 48.0 Å². The fraction of sp³-hybridized carbons (Fsp3) is 0.263. The quantitative estimate of drug-likeness (QED) is 0.888. The molecule has 2 aromatic carbocycles. The molecule has 8 heteroatoms. The highest BCUT2D eigenvalue weighted by molar-refractivity contribution is 6.03. The normalized spacial score (nSPS) is 19.7. The van der Waals surface area contributed by atoms with Gasteiger partial charge in [-0.25, -0.2) is 0 Å². The molecule has 0 saturated heterocycles. The molecule has 5 nitrogen and oxygen atoms in total. The first-order chi connectivity index (χ1) is 12.7. The van der Waals surface area contributed by atoms with Gasteiger partial charge < -0.3 is 9.84 Å². The highest BCUT2D eigenvalue weighted by atomic mass is 19.4. The second-order valence-electron chi connectivity index (χ2n) is 6.21. The molecule has 0 fully saturated rings. The Balaban J connectivity index is 1.85. The van der Waals surface area contributed by atoms with Crippen LogP contribution in [-0.4, -0.2) is 40.2 Å². The average Bonchev–Trinajstić information content (AvgIpc) is 3.00. The van der Waals surface area contributed by atoms with E-state index < -0.39 is 30.8 Å². The monoisotopic (exact) mass is 378 g/mol. The number of rotatable bonds is 4. The second kappa shape index (κ2) is 7.03. The van der Waals surface area contributed by atoms with Crippen molar-refractivity contribution in [3.8, 4) is 5.75 Å². The molecule has 0 radical (unpaired) electrons. The van der Waals surface area contributed by atoms with E-state index in [0.29, 0.717) is 11.3 Å². The zero-order valence-corrected chi connectivity index (χ0v) is 14.4. The molecule has 3 rings (SSSR count). The molecule has 0 unspecified atom stereocenters. The van der Waals surface area contributed by atoms with Crippen molar-refractivity contribution in [1.82, 2.24) is 5.01 Å². The Kier molecular flexibility index (Phi) is 4.93. The summed E-state index contributed by atoms with van der Waals surface area (Å²) in [5, 5.41) is 14.1. The van der Waals surface area contributed by atoms with Crippen molar-refractivity contribution in [3.05, 3.63) is 65.7 Å². The fourth-order valence-corrected chi connectivity index (χ4v) is 2.66. The van der Waals surface area contributed by atoms with E-state index in [9.17, 15) is 23.1 Å². The lowest BCUT2D eigenvalue weighted by atomic mass is 10.00. The van der Waals surface area contributed by atoms with Crippen LogP contribution in [0.3, 0.4) is 0 Å². The molecule has 1 heterocycles. The third-order valence-corrected chi connectivity index (χ3v) is 4.17. The number of hydrogen-bond donors (Lipinski definition) is 1. The molecule has 142 valence electrons. The summed E-state index contributed by atoms with van der Waals surface area (Å²) in [5.41, 5.74) is -2.11. The van der Waals surface area contributed by atoms with Crippen LogP contribution in [0.2, 0.25) is 0 Å². The third kappa shape index (κ3) is 3.80. The first-order valence-electron chi connectivity index (χ1n) is 8.15. The van der Waals surface area contributed by atoms with Crippen LogP contribution in [0.15, 0.2) is 59.7 Å². The summed E-state index contributed by atoms with van der Waals surface area (Å²) in [5.74, 6) is -0.774. The Morgan fingerprint density at radius 2 is 1.81 bits per heavy atom. The van der Waals surface area contributed by atoms with Gasteiger partial charge in [0.05, 0.1) is 12.1 Å². The smallest absolute Gasteiger partial charge is 0.438 e. The largest absolute Gasteiger partial charge is 0.484 e. The third-order valence-electron chi connectivity index (χ3n) is 4.17. The van der Waals surface area contributed by atoms with E-state index >= 15 is 0 Å². The number of carbonyl (C=O) groups excluding carboxylic acids is 1. The Hall–Kier alpha value is -2.87. The van der Waals surface area contributed by atoms with Crippen LogP contribution in [0.5, 0.6) is 5.75 Å². The van der Waals surface area contributed by atoms with E-state index in [0.717, 1.165) is 5.56 Å². The van der Waals surface area contributed by atoms with E-state index in [4.69, 9.17) is 4.74 Å². The van der Waals surface area contributed by atoms with E-state index in [-0.39, 0.29) is 10.7 Å². The average molecular weight is 378 g/mol. The lowest BCUT2D eigenvalue weighted by Crippen LogP contribution is -2.57. The molecule has 0 aliphatic carbocycles. The van der Waals surface area contributed by atoms with Gasteiger partial charge >= 0.3 is 6.18 Å². The Morgan fingerprint density at radius 3 is 2.41 bits per heavy atom. The van der Waals surface area contributed by atoms with Crippen LogP contribution in [-0.2, 0) is 4.79 Å². The lowest BCUT2D eigenvalue weighted by molar-refractivity contribution is -0.302. The summed E-state index contributed by atoms with van der Waals surface area (Å²) in [7, 11) is 0. The van der Waals surface area contributed by atoms with Gasteiger partial charge in [0.2, 0.25) is 0 Å². The predicted octanol–water partition coefficient (Wildman–Crippen LogP) is 3.26. The number of para-hydroxylation sites is 1. The molecule has 1 aliphatic rings. The molecule has 27 heavy (non-hydrogen) atoms.